The first-order valence-electron chi connectivity index (χ1n) is 9.86. The smallest absolute Gasteiger partial charge is 0.243 e. The molecule has 0 saturated carbocycles. The Morgan fingerprint density at radius 1 is 1.03 bits per heavy atom. The molecule has 4 rings (SSSR count). The van der Waals surface area contributed by atoms with E-state index < -0.39 is 5.91 Å². The van der Waals surface area contributed by atoms with Gasteiger partial charge in [-0.3, -0.25) is 24.3 Å². The molecule has 1 aromatic carbocycles. The van der Waals surface area contributed by atoms with Crippen LogP contribution in [0.15, 0.2) is 60.2 Å². The molecule has 0 aliphatic carbocycles. The second kappa shape index (κ2) is 9.20. The van der Waals surface area contributed by atoms with Crippen LogP contribution < -0.4 is 4.90 Å². The van der Waals surface area contributed by atoms with E-state index in [0.29, 0.717) is 40.2 Å². The molecule has 0 bridgehead atoms. The first-order valence-corrected chi connectivity index (χ1v) is 10.6. The average Bonchev–Trinajstić information content (AvgIpc) is 2.76. The molecule has 32 heavy (non-hydrogen) atoms. The van der Waals surface area contributed by atoms with Crippen molar-refractivity contribution in [2.45, 2.75) is 0 Å². The Bertz CT molecular complexity index is 1120. The predicted octanol–water partition coefficient (Wildman–Crippen LogP) is 3.25. The molecule has 1 fully saturated rings. The lowest BCUT2D eigenvalue weighted by atomic mass is 10.0. The largest absolute Gasteiger partial charge is 0.510 e. The zero-order valence-corrected chi connectivity index (χ0v) is 18.4. The third-order valence-electron chi connectivity index (χ3n) is 5.26. The van der Waals surface area contributed by atoms with Crippen molar-refractivity contribution in [1.29, 1.82) is 0 Å². The number of benzene rings is 1. The summed E-state index contributed by atoms with van der Waals surface area (Å²) in [5.74, 6) is -0.486. The van der Waals surface area contributed by atoms with Crippen molar-refractivity contribution in [3.8, 4) is 0 Å². The highest BCUT2D eigenvalue weighted by molar-refractivity contribution is 6.30. The molecule has 166 valence electrons. The van der Waals surface area contributed by atoms with E-state index in [9.17, 15) is 19.8 Å². The summed E-state index contributed by atoms with van der Waals surface area (Å²) in [4.78, 5) is 33.8. The van der Waals surface area contributed by atoms with Crippen LogP contribution >= 0.6 is 23.2 Å². The molecule has 0 spiro atoms. The summed E-state index contributed by atoms with van der Waals surface area (Å²) in [6.07, 6.45) is 1.34. The Hall–Kier alpha value is -3.07. The molecule has 2 N–H and O–H groups in total. The number of aliphatic hydroxyl groups excluding tert-OH is 2. The molecule has 3 heterocycles. The van der Waals surface area contributed by atoms with Gasteiger partial charge in [0, 0.05) is 29.8 Å². The van der Waals surface area contributed by atoms with E-state index in [1.807, 2.05) is 0 Å². The third kappa shape index (κ3) is 4.72. The van der Waals surface area contributed by atoms with Gasteiger partial charge in [-0.05, 0) is 29.8 Å². The lowest BCUT2D eigenvalue weighted by molar-refractivity contribution is -0.133. The number of amides is 2. The van der Waals surface area contributed by atoms with E-state index in [4.69, 9.17) is 23.2 Å². The van der Waals surface area contributed by atoms with Gasteiger partial charge in [-0.15, -0.1) is 0 Å². The lowest BCUT2D eigenvalue weighted by Gasteiger charge is -2.34. The summed E-state index contributed by atoms with van der Waals surface area (Å²) in [7, 11) is 0. The number of carbonyl (C=O) groups excluding carboxylic acids is 2. The minimum Gasteiger partial charge on any atom is -0.510 e. The molecule has 2 aliphatic rings. The Kier molecular flexibility index (Phi) is 6.36. The maximum atomic E-state index is 12.8. The van der Waals surface area contributed by atoms with Crippen LogP contribution in [0.4, 0.5) is 5.82 Å². The standard InChI is InChI=1S/C22H20Cl2N4O4/c23-15-6-4-14(5-7-15)16-10-20(30)28(11-17(16)29)22(32)13-26-8-9-27(21(31)12-26)19-3-1-2-18(24)25-19/h1-7,10,29-30H,8-9,11-13H2. The van der Waals surface area contributed by atoms with Crippen LogP contribution in [0.5, 0.6) is 0 Å². The van der Waals surface area contributed by atoms with Crippen molar-refractivity contribution >= 4 is 46.4 Å². The summed E-state index contributed by atoms with van der Waals surface area (Å²) < 4.78 is 0. The maximum absolute atomic E-state index is 12.8. The minimum atomic E-state index is -0.428. The number of rotatable bonds is 4. The number of allylic oxidation sites excluding steroid dienone is 2. The molecule has 0 radical (unpaired) electrons. The van der Waals surface area contributed by atoms with E-state index in [-0.39, 0.29) is 37.2 Å². The van der Waals surface area contributed by atoms with Gasteiger partial charge in [-0.1, -0.05) is 41.4 Å². The van der Waals surface area contributed by atoms with Crippen molar-refractivity contribution in [3.05, 3.63) is 75.9 Å². The van der Waals surface area contributed by atoms with Crippen LogP contribution in [0, 0.1) is 0 Å². The van der Waals surface area contributed by atoms with Gasteiger partial charge in [0.1, 0.15) is 16.7 Å². The van der Waals surface area contributed by atoms with Crippen molar-refractivity contribution < 1.29 is 19.8 Å². The summed E-state index contributed by atoms with van der Waals surface area (Å²) in [6.45, 7) is 0.578. The van der Waals surface area contributed by atoms with Gasteiger partial charge in [0.15, 0.2) is 5.88 Å². The number of carbonyl (C=O) groups is 2. The quantitative estimate of drug-likeness (QED) is 0.660. The topological polar surface area (TPSA) is 97.2 Å². The highest BCUT2D eigenvalue weighted by Gasteiger charge is 2.31. The number of hydrogen-bond donors (Lipinski definition) is 2. The SMILES string of the molecule is O=C(CN1CCN(c2cccc(Cl)n2)C(=O)C1)N1CC(O)=C(c2ccc(Cl)cc2)C=C1O. The number of piperazine rings is 1. The van der Waals surface area contributed by atoms with Crippen molar-refractivity contribution in [3.63, 3.8) is 0 Å². The summed E-state index contributed by atoms with van der Waals surface area (Å²) in [6, 6.07) is 11.8. The molecule has 2 amide bonds. The van der Waals surface area contributed by atoms with Gasteiger partial charge in [0.05, 0.1) is 19.6 Å². The molecule has 10 heteroatoms. The molecule has 1 saturated heterocycles. The van der Waals surface area contributed by atoms with E-state index in [2.05, 4.69) is 4.98 Å². The maximum Gasteiger partial charge on any atom is 0.243 e. The van der Waals surface area contributed by atoms with Gasteiger partial charge in [-0.25, -0.2) is 4.98 Å². The van der Waals surface area contributed by atoms with Crippen LogP contribution in [0.2, 0.25) is 10.2 Å². The lowest BCUT2D eigenvalue weighted by Crippen LogP contribution is -2.53. The van der Waals surface area contributed by atoms with Crippen molar-refractivity contribution in [1.82, 2.24) is 14.8 Å². The molecule has 0 unspecified atom stereocenters. The molecule has 8 nitrogen and oxygen atoms in total. The number of aliphatic hydroxyl groups is 2. The van der Waals surface area contributed by atoms with E-state index in [1.165, 1.54) is 11.0 Å². The van der Waals surface area contributed by atoms with Crippen LogP contribution in [0.3, 0.4) is 0 Å². The van der Waals surface area contributed by atoms with E-state index in [1.54, 1.807) is 47.4 Å². The van der Waals surface area contributed by atoms with E-state index in [0.717, 1.165) is 4.90 Å². The summed E-state index contributed by atoms with van der Waals surface area (Å²) in [5.41, 5.74) is 1.09. The average molecular weight is 475 g/mol. The monoisotopic (exact) mass is 474 g/mol. The Balaban J connectivity index is 1.39. The number of anilines is 1. The predicted molar refractivity (Wildman–Crippen MR) is 121 cm³/mol. The number of halogens is 2. The number of nitrogens with zero attached hydrogens (tertiary/aromatic N) is 4. The highest BCUT2D eigenvalue weighted by Crippen LogP contribution is 2.27. The molecule has 2 aliphatic heterocycles. The highest BCUT2D eigenvalue weighted by atomic mass is 35.5. The first-order chi connectivity index (χ1) is 15.3. The number of hydrogen-bond acceptors (Lipinski definition) is 6. The van der Waals surface area contributed by atoms with Crippen LogP contribution in [0.25, 0.3) is 5.57 Å². The van der Waals surface area contributed by atoms with Crippen molar-refractivity contribution in [2.75, 3.05) is 37.6 Å². The fourth-order valence-electron chi connectivity index (χ4n) is 3.63. The minimum absolute atomic E-state index is 0.0239. The fraction of sp³-hybridized carbons (Fsp3) is 0.227. The van der Waals surface area contributed by atoms with Gasteiger partial charge in [0.25, 0.3) is 0 Å². The molecule has 1 aromatic heterocycles. The van der Waals surface area contributed by atoms with Crippen molar-refractivity contribution in [2.24, 2.45) is 0 Å². The summed E-state index contributed by atoms with van der Waals surface area (Å²) >= 11 is 11.8. The van der Waals surface area contributed by atoms with Crippen LogP contribution in [-0.4, -0.2) is 69.5 Å². The zero-order chi connectivity index (χ0) is 22.8. The molecular formula is C22H20Cl2N4O4. The Morgan fingerprint density at radius 2 is 1.78 bits per heavy atom. The molecule has 2 aromatic rings. The zero-order valence-electron chi connectivity index (χ0n) is 16.9. The Morgan fingerprint density at radius 3 is 2.47 bits per heavy atom. The molecular weight excluding hydrogens is 455 g/mol. The summed E-state index contributed by atoms with van der Waals surface area (Å²) in [5, 5.41) is 21.7. The third-order valence-corrected chi connectivity index (χ3v) is 5.72. The van der Waals surface area contributed by atoms with Gasteiger partial charge in [-0.2, -0.15) is 0 Å². The second-order valence-electron chi connectivity index (χ2n) is 7.42. The first kappa shape index (κ1) is 22.1. The number of aromatic nitrogens is 1. The number of pyridine rings is 1. The normalized spacial score (nSPS) is 17.6. The van der Waals surface area contributed by atoms with Gasteiger partial charge < -0.3 is 10.2 Å². The Labute approximate surface area is 194 Å². The van der Waals surface area contributed by atoms with Crippen LogP contribution in [0.1, 0.15) is 5.56 Å². The van der Waals surface area contributed by atoms with E-state index >= 15 is 0 Å². The fourth-order valence-corrected chi connectivity index (χ4v) is 3.91. The molecule has 0 atom stereocenters. The van der Waals surface area contributed by atoms with Gasteiger partial charge in [0.2, 0.25) is 11.8 Å². The second-order valence-corrected chi connectivity index (χ2v) is 8.25. The van der Waals surface area contributed by atoms with Gasteiger partial charge >= 0.3 is 0 Å². The van der Waals surface area contributed by atoms with Crippen LogP contribution in [-0.2, 0) is 9.59 Å².